The molecular formula is C19H23N5O. The molecule has 1 fully saturated rings. The quantitative estimate of drug-likeness (QED) is 0.909. The van der Waals surface area contributed by atoms with E-state index in [-0.39, 0.29) is 12.1 Å². The molecule has 1 atom stereocenters. The van der Waals surface area contributed by atoms with E-state index in [0.717, 1.165) is 38.2 Å². The maximum atomic E-state index is 12.6. The molecule has 0 spiro atoms. The van der Waals surface area contributed by atoms with Crippen LogP contribution in [0.15, 0.2) is 42.9 Å². The predicted octanol–water partition coefficient (Wildman–Crippen LogP) is 1.87. The minimum atomic E-state index is 0.0585. The number of hydrogen-bond acceptors (Lipinski definition) is 4. The summed E-state index contributed by atoms with van der Waals surface area (Å²) in [7, 11) is 0. The van der Waals surface area contributed by atoms with Crippen molar-refractivity contribution in [3.8, 4) is 0 Å². The molecule has 1 saturated heterocycles. The Morgan fingerprint density at radius 3 is 2.64 bits per heavy atom. The van der Waals surface area contributed by atoms with Crippen molar-refractivity contribution in [1.82, 2.24) is 20.2 Å². The fourth-order valence-corrected chi connectivity index (χ4v) is 3.68. The zero-order chi connectivity index (χ0) is 17.1. The van der Waals surface area contributed by atoms with Crippen molar-refractivity contribution in [2.24, 2.45) is 0 Å². The molecule has 0 radical (unpaired) electrons. The van der Waals surface area contributed by atoms with Gasteiger partial charge in [0.2, 0.25) is 0 Å². The first-order valence-corrected chi connectivity index (χ1v) is 8.93. The molecular weight excluding hydrogens is 314 g/mol. The molecule has 2 heterocycles. The van der Waals surface area contributed by atoms with E-state index in [1.165, 1.54) is 11.1 Å². The normalized spacial score (nSPS) is 20.1. The molecule has 1 aromatic heterocycles. The van der Waals surface area contributed by atoms with Crippen LogP contribution in [0, 0.1) is 0 Å². The van der Waals surface area contributed by atoms with Gasteiger partial charge in [0.15, 0.2) is 0 Å². The lowest BCUT2D eigenvalue weighted by molar-refractivity contribution is 0.189. The number of rotatable bonds is 2. The van der Waals surface area contributed by atoms with Crippen molar-refractivity contribution in [1.29, 1.82) is 0 Å². The summed E-state index contributed by atoms with van der Waals surface area (Å²) in [5.41, 5.74) is 2.79. The van der Waals surface area contributed by atoms with E-state index < -0.39 is 0 Å². The number of fused-ring (bicyclic) bond motifs is 1. The van der Waals surface area contributed by atoms with Crippen LogP contribution >= 0.6 is 0 Å². The number of benzene rings is 1. The molecule has 1 aliphatic carbocycles. The number of hydrogen-bond donors (Lipinski definition) is 1. The molecule has 4 rings (SSSR count). The van der Waals surface area contributed by atoms with E-state index in [1.54, 1.807) is 18.6 Å². The van der Waals surface area contributed by atoms with Crippen LogP contribution in [0.4, 0.5) is 10.6 Å². The van der Waals surface area contributed by atoms with E-state index in [2.05, 4.69) is 44.5 Å². The summed E-state index contributed by atoms with van der Waals surface area (Å²) < 4.78 is 0. The largest absolute Gasteiger partial charge is 0.352 e. The van der Waals surface area contributed by atoms with Crippen molar-refractivity contribution < 1.29 is 4.79 Å². The fraction of sp³-hybridized carbons (Fsp3) is 0.421. The van der Waals surface area contributed by atoms with Crippen LogP contribution in [0.1, 0.15) is 17.5 Å². The second-order valence-electron chi connectivity index (χ2n) is 6.70. The van der Waals surface area contributed by atoms with Gasteiger partial charge in [-0.1, -0.05) is 24.3 Å². The van der Waals surface area contributed by atoms with Crippen LogP contribution in [0.25, 0.3) is 0 Å². The molecule has 1 unspecified atom stereocenters. The van der Waals surface area contributed by atoms with Gasteiger partial charge >= 0.3 is 6.03 Å². The standard InChI is InChI=1S/C19H23N5O/c25-19(22-17-6-5-15-3-1-2-4-16(15)13-17)24-11-9-23(10-12-24)18-14-20-7-8-21-18/h1-4,7-8,14,17H,5-6,9-13H2,(H,22,25). The molecule has 25 heavy (non-hydrogen) atoms. The van der Waals surface area contributed by atoms with Crippen molar-refractivity contribution in [3.05, 3.63) is 54.0 Å². The van der Waals surface area contributed by atoms with Crippen LogP contribution in [0.2, 0.25) is 0 Å². The monoisotopic (exact) mass is 337 g/mol. The summed E-state index contributed by atoms with van der Waals surface area (Å²) >= 11 is 0. The van der Waals surface area contributed by atoms with Gasteiger partial charge in [-0.25, -0.2) is 9.78 Å². The number of nitrogens with zero attached hydrogens (tertiary/aromatic N) is 4. The Morgan fingerprint density at radius 1 is 1.08 bits per heavy atom. The zero-order valence-corrected chi connectivity index (χ0v) is 14.3. The molecule has 1 aliphatic heterocycles. The van der Waals surface area contributed by atoms with Crippen molar-refractivity contribution in [3.63, 3.8) is 0 Å². The fourth-order valence-electron chi connectivity index (χ4n) is 3.68. The smallest absolute Gasteiger partial charge is 0.317 e. The van der Waals surface area contributed by atoms with E-state index in [9.17, 15) is 4.79 Å². The zero-order valence-electron chi connectivity index (χ0n) is 14.3. The van der Waals surface area contributed by atoms with E-state index >= 15 is 0 Å². The summed E-state index contributed by atoms with van der Waals surface area (Å²) in [5, 5.41) is 3.22. The van der Waals surface area contributed by atoms with Gasteiger partial charge < -0.3 is 15.1 Å². The second-order valence-corrected chi connectivity index (χ2v) is 6.70. The van der Waals surface area contributed by atoms with Gasteiger partial charge in [0.25, 0.3) is 0 Å². The molecule has 2 aliphatic rings. The summed E-state index contributed by atoms with van der Waals surface area (Å²) in [5.74, 6) is 0.881. The lowest BCUT2D eigenvalue weighted by Gasteiger charge is -2.36. The molecule has 1 aromatic carbocycles. The Morgan fingerprint density at radius 2 is 1.88 bits per heavy atom. The highest BCUT2D eigenvalue weighted by Crippen LogP contribution is 2.21. The summed E-state index contributed by atoms with van der Waals surface area (Å²) in [6.45, 7) is 3.01. The maximum absolute atomic E-state index is 12.6. The Kier molecular flexibility index (Phi) is 4.50. The van der Waals surface area contributed by atoms with E-state index in [4.69, 9.17) is 0 Å². The highest BCUT2D eigenvalue weighted by molar-refractivity contribution is 5.75. The third kappa shape index (κ3) is 3.57. The summed E-state index contributed by atoms with van der Waals surface area (Å²) in [6, 6.07) is 8.83. The number of nitrogens with one attached hydrogen (secondary N) is 1. The maximum Gasteiger partial charge on any atom is 0.317 e. The first kappa shape index (κ1) is 15.9. The molecule has 1 N–H and O–H groups in total. The number of carbonyl (C=O) groups excluding carboxylic acids is 1. The molecule has 130 valence electrons. The highest BCUT2D eigenvalue weighted by atomic mass is 16.2. The Bertz CT molecular complexity index is 728. The second kappa shape index (κ2) is 7.09. The van der Waals surface area contributed by atoms with Crippen molar-refractivity contribution in [2.75, 3.05) is 31.1 Å². The average Bonchev–Trinajstić information content (AvgIpc) is 2.69. The number of carbonyl (C=O) groups is 1. The highest BCUT2D eigenvalue weighted by Gasteiger charge is 2.25. The van der Waals surface area contributed by atoms with Crippen LogP contribution in [0.5, 0.6) is 0 Å². The number of aromatic nitrogens is 2. The van der Waals surface area contributed by atoms with E-state index in [1.807, 2.05) is 4.90 Å². The minimum absolute atomic E-state index is 0.0585. The third-order valence-electron chi connectivity index (χ3n) is 5.11. The summed E-state index contributed by atoms with van der Waals surface area (Å²) in [4.78, 5) is 25.1. The first-order chi connectivity index (χ1) is 12.3. The molecule has 6 nitrogen and oxygen atoms in total. The van der Waals surface area contributed by atoms with Crippen LogP contribution in [-0.4, -0.2) is 53.1 Å². The van der Waals surface area contributed by atoms with Gasteiger partial charge in [-0.3, -0.25) is 4.98 Å². The number of aryl methyl sites for hydroxylation is 1. The molecule has 2 amide bonds. The topological polar surface area (TPSA) is 61.4 Å². The van der Waals surface area contributed by atoms with E-state index in [0.29, 0.717) is 13.1 Å². The number of piperazine rings is 1. The van der Waals surface area contributed by atoms with Gasteiger partial charge in [0, 0.05) is 44.6 Å². The Hall–Kier alpha value is -2.63. The molecule has 2 aromatic rings. The molecule has 6 heteroatoms. The van der Waals surface area contributed by atoms with Crippen molar-refractivity contribution >= 4 is 11.8 Å². The number of urea groups is 1. The lowest BCUT2D eigenvalue weighted by atomic mass is 9.88. The number of amides is 2. The number of anilines is 1. The Balaban J connectivity index is 1.30. The van der Waals surface area contributed by atoms with Crippen LogP contribution in [0.3, 0.4) is 0 Å². The predicted molar refractivity (Wildman–Crippen MR) is 96.6 cm³/mol. The van der Waals surface area contributed by atoms with Gasteiger partial charge in [0.05, 0.1) is 6.20 Å². The van der Waals surface area contributed by atoms with Gasteiger partial charge in [0.1, 0.15) is 5.82 Å². The van der Waals surface area contributed by atoms with Gasteiger partial charge in [-0.15, -0.1) is 0 Å². The SMILES string of the molecule is O=C(NC1CCc2ccccc2C1)N1CCN(c2cnccn2)CC1. The van der Waals surface area contributed by atoms with Crippen LogP contribution in [-0.2, 0) is 12.8 Å². The third-order valence-corrected chi connectivity index (χ3v) is 5.11. The Labute approximate surface area is 147 Å². The summed E-state index contributed by atoms with van der Waals surface area (Å²) in [6.07, 6.45) is 8.14. The average molecular weight is 337 g/mol. The van der Waals surface area contributed by atoms with Gasteiger partial charge in [-0.05, 0) is 30.4 Å². The van der Waals surface area contributed by atoms with Crippen molar-refractivity contribution in [2.45, 2.75) is 25.3 Å². The minimum Gasteiger partial charge on any atom is -0.352 e. The lowest BCUT2D eigenvalue weighted by Crippen LogP contribution is -2.54. The molecule has 0 bridgehead atoms. The first-order valence-electron chi connectivity index (χ1n) is 8.93. The molecule has 0 saturated carbocycles. The van der Waals surface area contributed by atoms with Gasteiger partial charge in [-0.2, -0.15) is 0 Å². The van der Waals surface area contributed by atoms with Crippen LogP contribution < -0.4 is 10.2 Å².